The van der Waals surface area contributed by atoms with Crippen LogP contribution < -0.4 is 10.1 Å². The molecule has 0 amide bonds. The van der Waals surface area contributed by atoms with Crippen LogP contribution in [-0.2, 0) is 6.54 Å². The minimum Gasteiger partial charge on any atom is -0.437 e. The fraction of sp³-hybridized carbons (Fsp3) is 0.286. The van der Waals surface area contributed by atoms with Crippen LogP contribution in [-0.4, -0.2) is 16.7 Å². The number of halogens is 1. The van der Waals surface area contributed by atoms with E-state index >= 15 is 0 Å². The van der Waals surface area contributed by atoms with Gasteiger partial charge in [-0.2, -0.15) is 5.10 Å². The molecule has 0 aliphatic heterocycles. The molecule has 0 bridgehead atoms. The summed E-state index contributed by atoms with van der Waals surface area (Å²) in [6.45, 7) is 3.85. The van der Waals surface area contributed by atoms with Crippen LogP contribution in [0.3, 0.4) is 0 Å². The molecule has 1 aromatic heterocycles. The summed E-state index contributed by atoms with van der Waals surface area (Å²) >= 11 is 3.40. The molecular weight excluding hydrogens is 306 g/mol. The van der Waals surface area contributed by atoms with Gasteiger partial charge in [0.2, 0.25) is 5.88 Å². The lowest BCUT2D eigenvalue weighted by Crippen LogP contribution is -2.15. The Bertz CT molecular complexity index is 516. The van der Waals surface area contributed by atoms with Gasteiger partial charge in [0.25, 0.3) is 0 Å². The lowest BCUT2D eigenvalue weighted by Gasteiger charge is -2.05. The number of aromatic nitrogens is 2. The average molecular weight is 322 g/mol. The highest BCUT2D eigenvalue weighted by Gasteiger charge is 2.01. The van der Waals surface area contributed by atoms with Crippen molar-refractivity contribution in [3.63, 3.8) is 0 Å². The molecule has 5 heteroatoms. The molecular formula is C14H16BrN3O. The largest absolute Gasteiger partial charge is 0.437 e. The Kier molecular flexibility index (Phi) is 5.30. The first-order chi connectivity index (χ1) is 9.28. The first-order valence-corrected chi connectivity index (χ1v) is 7.04. The number of nitrogens with zero attached hydrogens (tertiary/aromatic N) is 2. The van der Waals surface area contributed by atoms with E-state index in [4.69, 9.17) is 4.74 Å². The molecule has 0 aliphatic carbocycles. The maximum absolute atomic E-state index is 5.62. The standard InChI is InChI=1S/C14H16BrN3O/c1-2-8-16-10-12-6-7-14(18-17-12)19-13-5-3-4-11(15)9-13/h3-7,9,16H,2,8,10H2,1H3. The third-order valence-corrected chi connectivity index (χ3v) is 2.94. The predicted molar refractivity (Wildman–Crippen MR) is 78.2 cm³/mol. The normalized spacial score (nSPS) is 10.4. The van der Waals surface area contributed by atoms with Crippen LogP contribution in [0.5, 0.6) is 11.6 Å². The monoisotopic (exact) mass is 321 g/mol. The highest BCUT2D eigenvalue weighted by molar-refractivity contribution is 9.10. The van der Waals surface area contributed by atoms with Gasteiger partial charge in [-0.05, 0) is 37.2 Å². The number of hydrogen-bond donors (Lipinski definition) is 1. The van der Waals surface area contributed by atoms with Crippen molar-refractivity contribution < 1.29 is 4.74 Å². The van der Waals surface area contributed by atoms with Gasteiger partial charge < -0.3 is 10.1 Å². The number of benzene rings is 1. The van der Waals surface area contributed by atoms with Crippen molar-refractivity contribution in [1.29, 1.82) is 0 Å². The van der Waals surface area contributed by atoms with E-state index in [0.29, 0.717) is 5.88 Å². The van der Waals surface area contributed by atoms with E-state index in [1.165, 1.54) is 0 Å². The van der Waals surface area contributed by atoms with E-state index in [1.54, 1.807) is 0 Å². The Balaban J connectivity index is 1.95. The van der Waals surface area contributed by atoms with Crippen LogP contribution in [0, 0.1) is 0 Å². The maximum atomic E-state index is 5.62. The molecule has 0 saturated carbocycles. The summed E-state index contributed by atoms with van der Waals surface area (Å²) in [5.74, 6) is 1.23. The minimum absolute atomic E-state index is 0.498. The van der Waals surface area contributed by atoms with Gasteiger partial charge in [-0.15, -0.1) is 5.10 Å². The van der Waals surface area contributed by atoms with E-state index in [2.05, 4.69) is 38.4 Å². The van der Waals surface area contributed by atoms with Crippen LogP contribution in [0.4, 0.5) is 0 Å². The zero-order chi connectivity index (χ0) is 13.5. The van der Waals surface area contributed by atoms with Crippen molar-refractivity contribution in [2.45, 2.75) is 19.9 Å². The second-order valence-electron chi connectivity index (χ2n) is 4.10. The molecule has 0 aliphatic rings. The smallest absolute Gasteiger partial charge is 0.238 e. The molecule has 0 atom stereocenters. The second kappa shape index (κ2) is 7.21. The molecule has 0 fully saturated rings. The van der Waals surface area contributed by atoms with Crippen molar-refractivity contribution in [2.75, 3.05) is 6.54 Å². The van der Waals surface area contributed by atoms with Crippen LogP contribution in [0.15, 0.2) is 40.9 Å². The maximum Gasteiger partial charge on any atom is 0.238 e. The Morgan fingerprint density at radius 3 is 2.79 bits per heavy atom. The van der Waals surface area contributed by atoms with Gasteiger partial charge in [-0.25, -0.2) is 0 Å². The molecule has 0 radical (unpaired) electrons. The summed E-state index contributed by atoms with van der Waals surface area (Å²) in [6.07, 6.45) is 1.11. The van der Waals surface area contributed by atoms with E-state index in [0.717, 1.165) is 35.4 Å². The second-order valence-corrected chi connectivity index (χ2v) is 5.01. The molecule has 2 rings (SSSR count). The van der Waals surface area contributed by atoms with Gasteiger partial charge in [0.15, 0.2) is 0 Å². The van der Waals surface area contributed by atoms with Crippen molar-refractivity contribution >= 4 is 15.9 Å². The van der Waals surface area contributed by atoms with Crippen LogP contribution in [0.25, 0.3) is 0 Å². The minimum atomic E-state index is 0.498. The average Bonchev–Trinajstić information content (AvgIpc) is 2.41. The number of nitrogens with one attached hydrogen (secondary N) is 1. The van der Waals surface area contributed by atoms with Crippen LogP contribution >= 0.6 is 15.9 Å². The van der Waals surface area contributed by atoms with Gasteiger partial charge in [0.1, 0.15) is 5.75 Å². The Labute approximate surface area is 121 Å². The molecule has 19 heavy (non-hydrogen) atoms. The van der Waals surface area contributed by atoms with Crippen molar-refractivity contribution in [3.8, 4) is 11.6 Å². The van der Waals surface area contributed by atoms with E-state index in [-0.39, 0.29) is 0 Å². The first-order valence-electron chi connectivity index (χ1n) is 6.24. The van der Waals surface area contributed by atoms with E-state index in [9.17, 15) is 0 Å². The highest BCUT2D eigenvalue weighted by Crippen LogP contribution is 2.22. The number of ether oxygens (including phenoxy) is 1. The van der Waals surface area contributed by atoms with Gasteiger partial charge in [0.05, 0.1) is 5.69 Å². The number of hydrogen-bond acceptors (Lipinski definition) is 4. The van der Waals surface area contributed by atoms with Crippen LogP contribution in [0.2, 0.25) is 0 Å². The van der Waals surface area contributed by atoms with Crippen molar-refractivity contribution in [2.24, 2.45) is 0 Å². The predicted octanol–water partition coefficient (Wildman–Crippen LogP) is 3.53. The fourth-order valence-corrected chi connectivity index (χ4v) is 1.92. The zero-order valence-electron chi connectivity index (χ0n) is 10.8. The Morgan fingerprint density at radius 2 is 2.11 bits per heavy atom. The van der Waals surface area contributed by atoms with Crippen molar-refractivity contribution in [3.05, 3.63) is 46.6 Å². The molecule has 4 nitrogen and oxygen atoms in total. The first kappa shape index (κ1) is 14.0. The lowest BCUT2D eigenvalue weighted by atomic mass is 10.3. The topological polar surface area (TPSA) is 47.0 Å². The zero-order valence-corrected chi connectivity index (χ0v) is 12.4. The summed E-state index contributed by atoms with van der Waals surface area (Å²) in [4.78, 5) is 0. The van der Waals surface area contributed by atoms with Gasteiger partial charge in [-0.3, -0.25) is 0 Å². The highest BCUT2D eigenvalue weighted by atomic mass is 79.9. The summed E-state index contributed by atoms with van der Waals surface area (Å²) in [5, 5.41) is 11.5. The Hall–Kier alpha value is -1.46. The molecule has 100 valence electrons. The molecule has 1 heterocycles. The fourth-order valence-electron chi connectivity index (χ4n) is 1.54. The van der Waals surface area contributed by atoms with E-state index < -0.39 is 0 Å². The van der Waals surface area contributed by atoms with Crippen LogP contribution in [0.1, 0.15) is 19.0 Å². The molecule has 0 saturated heterocycles. The van der Waals surface area contributed by atoms with Gasteiger partial charge >= 0.3 is 0 Å². The summed E-state index contributed by atoms with van der Waals surface area (Å²) < 4.78 is 6.59. The van der Waals surface area contributed by atoms with Gasteiger partial charge in [-0.1, -0.05) is 28.9 Å². The molecule has 0 unspecified atom stereocenters. The molecule has 0 spiro atoms. The summed E-state index contributed by atoms with van der Waals surface area (Å²) in [6, 6.07) is 11.4. The third kappa shape index (κ3) is 4.61. The van der Waals surface area contributed by atoms with Crippen molar-refractivity contribution in [1.82, 2.24) is 15.5 Å². The third-order valence-electron chi connectivity index (χ3n) is 2.45. The van der Waals surface area contributed by atoms with E-state index in [1.807, 2.05) is 36.4 Å². The molecule has 1 aromatic carbocycles. The summed E-state index contributed by atoms with van der Waals surface area (Å²) in [7, 11) is 0. The number of rotatable bonds is 6. The molecule has 1 N–H and O–H groups in total. The molecule has 2 aromatic rings. The summed E-state index contributed by atoms with van der Waals surface area (Å²) in [5.41, 5.74) is 0.912. The van der Waals surface area contributed by atoms with Gasteiger partial charge in [0, 0.05) is 17.1 Å². The quantitative estimate of drug-likeness (QED) is 0.827. The SMILES string of the molecule is CCCNCc1ccc(Oc2cccc(Br)c2)nn1. The Morgan fingerprint density at radius 1 is 1.21 bits per heavy atom. The lowest BCUT2D eigenvalue weighted by molar-refractivity contribution is 0.453.